The first-order chi connectivity index (χ1) is 8.88. The molecule has 0 radical (unpaired) electrons. The van der Waals surface area contributed by atoms with Crippen molar-refractivity contribution >= 4 is 10.0 Å². The highest BCUT2D eigenvalue weighted by Gasteiger charge is 2.28. The minimum absolute atomic E-state index is 0.0166. The lowest BCUT2D eigenvalue weighted by Crippen LogP contribution is -2.37. The van der Waals surface area contributed by atoms with E-state index in [1.54, 1.807) is 16.6 Å². The highest BCUT2D eigenvalue weighted by molar-refractivity contribution is 7.89. The van der Waals surface area contributed by atoms with Gasteiger partial charge in [0.15, 0.2) is 0 Å². The van der Waals surface area contributed by atoms with Gasteiger partial charge in [0.05, 0.1) is 0 Å². The highest BCUT2D eigenvalue weighted by Crippen LogP contribution is 2.21. The molecular weight excluding hydrogens is 262 g/mol. The predicted octanol–water partition coefficient (Wildman–Crippen LogP) is 1.55. The van der Waals surface area contributed by atoms with Gasteiger partial charge in [-0.1, -0.05) is 13.8 Å². The van der Waals surface area contributed by atoms with Crippen molar-refractivity contribution in [1.29, 1.82) is 0 Å². The molecule has 0 bridgehead atoms. The topological polar surface area (TPSA) is 54.3 Å². The smallest absolute Gasteiger partial charge is 0.244 e. The minimum Gasteiger partial charge on any atom is -0.352 e. The quantitative estimate of drug-likeness (QED) is 0.828. The highest BCUT2D eigenvalue weighted by atomic mass is 32.2. The van der Waals surface area contributed by atoms with Gasteiger partial charge in [0, 0.05) is 38.1 Å². The molecule has 0 saturated carbocycles. The van der Waals surface area contributed by atoms with Gasteiger partial charge in [0.1, 0.15) is 4.90 Å². The van der Waals surface area contributed by atoms with Crippen LogP contribution < -0.4 is 5.32 Å². The van der Waals surface area contributed by atoms with E-state index in [0.29, 0.717) is 18.0 Å². The van der Waals surface area contributed by atoms with Gasteiger partial charge in [-0.25, -0.2) is 8.42 Å². The monoisotopic (exact) mass is 287 g/mol. The lowest BCUT2D eigenvalue weighted by atomic mass is 10.3. The molecule has 0 aliphatic carbocycles. The second-order valence-electron chi connectivity index (χ2n) is 4.77. The molecule has 1 heterocycles. The predicted molar refractivity (Wildman–Crippen MR) is 77.5 cm³/mol. The fourth-order valence-corrected chi connectivity index (χ4v) is 3.94. The van der Waals surface area contributed by atoms with Crippen LogP contribution in [0.2, 0.25) is 0 Å². The van der Waals surface area contributed by atoms with Crippen molar-refractivity contribution < 1.29 is 8.42 Å². The van der Waals surface area contributed by atoms with Gasteiger partial charge in [0.25, 0.3) is 0 Å². The molecule has 110 valence electrons. The summed E-state index contributed by atoms with van der Waals surface area (Å²) in [7, 11) is 0.314. The Hall–Kier alpha value is -0.850. The maximum absolute atomic E-state index is 12.6. The van der Waals surface area contributed by atoms with Gasteiger partial charge in [-0.15, -0.1) is 0 Å². The summed E-state index contributed by atoms with van der Waals surface area (Å²) in [6, 6.07) is 1.76. The van der Waals surface area contributed by atoms with E-state index >= 15 is 0 Å². The van der Waals surface area contributed by atoms with Gasteiger partial charge < -0.3 is 9.88 Å². The zero-order valence-corrected chi connectivity index (χ0v) is 13.3. The van der Waals surface area contributed by atoms with Crippen LogP contribution in [0.15, 0.2) is 17.2 Å². The largest absolute Gasteiger partial charge is 0.352 e. The van der Waals surface area contributed by atoms with Crippen LogP contribution in [0.3, 0.4) is 0 Å². The molecule has 0 aromatic carbocycles. The van der Waals surface area contributed by atoms with Gasteiger partial charge in [-0.05, 0) is 26.5 Å². The van der Waals surface area contributed by atoms with Crippen LogP contribution in [-0.4, -0.2) is 36.9 Å². The number of nitrogens with zero attached hydrogens (tertiary/aromatic N) is 2. The number of sulfonamides is 1. The van der Waals surface area contributed by atoms with Crippen LogP contribution in [0.1, 0.15) is 32.9 Å². The molecule has 1 aromatic heterocycles. The zero-order chi connectivity index (χ0) is 14.6. The van der Waals surface area contributed by atoms with Crippen LogP contribution in [0.25, 0.3) is 0 Å². The third-order valence-electron chi connectivity index (χ3n) is 3.44. The molecule has 1 unspecified atom stereocenters. The Morgan fingerprint density at radius 3 is 2.53 bits per heavy atom. The summed E-state index contributed by atoms with van der Waals surface area (Å²) in [6.07, 6.45) is 2.50. The van der Waals surface area contributed by atoms with Crippen molar-refractivity contribution in [2.75, 3.05) is 13.6 Å². The first-order valence-corrected chi connectivity index (χ1v) is 8.14. The van der Waals surface area contributed by atoms with E-state index in [-0.39, 0.29) is 6.04 Å². The Bertz CT molecular complexity index is 508. The maximum atomic E-state index is 12.6. The third-order valence-corrected chi connectivity index (χ3v) is 5.50. The van der Waals surface area contributed by atoms with Crippen LogP contribution >= 0.6 is 0 Å². The molecule has 0 saturated heterocycles. The second kappa shape index (κ2) is 6.54. The summed E-state index contributed by atoms with van der Waals surface area (Å²) >= 11 is 0. The van der Waals surface area contributed by atoms with Crippen LogP contribution in [-0.2, 0) is 23.6 Å². The molecule has 0 aliphatic rings. The molecule has 19 heavy (non-hydrogen) atoms. The molecule has 6 heteroatoms. The van der Waals surface area contributed by atoms with E-state index in [9.17, 15) is 8.42 Å². The fourth-order valence-electron chi connectivity index (χ4n) is 2.13. The summed E-state index contributed by atoms with van der Waals surface area (Å²) in [5.74, 6) is 0. The molecule has 1 rings (SSSR count). The second-order valence-corrected chi connectivity index (χ2v) is 6.66. The number of nitrogens with one attached hydrogen (secondary N) is 1. The average molecular weight is 287 g/mol. The van der Waals surface area contributed by atoms with Crippen molar-refractivity contribution in [3.05, 3.63) is 18.0 Å². The SMILES string of the molecule is CCC(C)N(CC)S(=O)(=O)c1cc(CNC)n(C)c1. The summed E-state index contributed by atoms with van der Waals surface area (Å²) < 4.78 is 28.7. The standard InChI is InChI=1S/C13H25N3O2S/c1-6-11(3)16(7-2)19(17,18)13-8-12(9-14-4)15(5)10-13/h8,10-11,14H,6-7,9H2,1-5H3. The molecule has 1 aromatic rings. The van der Waals surface area contributed by atoms with E-state index in [4.69, 9.17) is 0 Å². The summed E-state index contributed by atoms with van der Waals surface area (Å²) in [5, 5.41) is 3.04. The van der Waals surface area contributed by atoms with Crippen molar-refractivity contribution in [2.45, 2.75) is 44.7 Å². The molecule has 0 amide bonds. The van der Waals surface area contributed by atoms with Crippen LogP contribution in [0.4, 0.5) is 0 Å². The Labute approximate surface area is 116 Å². The third kappa shape index (κ3) is 3.38. The molecule has 0 fully saturated rings. The van der Waals surface area contributed by atoms with E-state index in [1.165, 1.54) is 0 Å². The minimum atomic E-state index is -3.40. The number of aromatic nitrogens is 1. The van der Waals surface area contributed by atoms with E-state index in [0.717, 1.165) is 12.1 Å². The van der Waals surface area contributed by atoms with Gasteiger partial charge in [0.2, 0.25) is 10.0 Å². The number of rotatable bonds is 7. The summed E-state index contributed by atoms with van der Waals surface area (Å²) in [5.41, 5.74) is 0.960. The van der Waals surface area contributed by atoms with Gasteiger partial charge in [-0.2, -0.15) is 4.31 Å². The van der Waals surface area contributed by atoms with E-state index in [1.807, 2.05) is 39.4 Å². The molecule has 1 N–H and O–H groups in total. The lowest BCUT2D eigenvalue weighted by molar-refractivity contribution is 0.342. The van der Waals surface area contributed by atoms with Crippen molar-refractivity contribution in [1.82, 2.24) is 14.2 Å². The lowest BCUT2D eigenvalue weighted by Gasteiger charge is -2.25. The number of hydrogen-bond acceptors (Lipinski definition) is 3. The van der Waals surface area contributed by atoms with Crippen LogP contribution in [0.5, 0.6) is 0 Å². The Balaban J connectivity index is 3.15. The average Bonchev–Trinajstić information content (AvgIpc) is 2.72. The maximum Gasteiger partial charge on any atom is 0.244 e. The van der Waals surface area contributed by atoms with Gasteiger partial charge in [-0.3, -0.25) is 0 Å². The molecule has 0 spiro atoms. The first-order valence-electron chi connectivity index (χ1n) is 6.70. The van der Waals surface area contributed by atoms with Crippen molar-refractivity contribution in [2.24, 2.45) is 7.05 Å². The molecule has 5 nitrogen and oxygen atoms in total. The number of hydrogen-bond donors (Lipinski definition) is 1. The van der Waals surface area contributed by atoms with Crippen molar-refractivity contribution in [3.8, 4) is 0 Å². The molecule has 0 aliphatic heterocycles. The number of aryl methyl sites for hydroxylation is 1. The van der Waals surface area contributed by atoms with Gasteiger partial charge >= 0.3 is 0 Å². The zero-order valence-electron chi connectivity index (χ0n) is 12.5. The fraction of sp³-hybridized carbons (Fsp3) is 0.692. The Morgan fingerprint density at radius 2 is 2.05 bits per heavy atom. The van der Waals surface area contributed by atoms with E-state index in [2.05, 4.69) is 5.32 Å². The molecular formula is C13H25N3O2S. The first kappa shape index (κ1) is 16.2. The Morgan fingerprint density at radius 1 is 1.42 bits per heavy atom. The summed E-state index contributed by atoms with van der Waals surface area (Å²) in [4.78, 5) is 0.377. The van der Waals surface area contributed by atoms with Crippen molar-refractivity contribution in [3.63, 3.8) is 0 Å². The van der Waals surface area contributed by atoms with Crippen LogP contribution in [0, 0.1) is 0 Å². The van der Waals surface area contributed by atoms with E-state index < -0.39 is 10.0 Å². The summed E-state index contributed by atoms with van der Waals surface area (Å²) in [6.45, 7) is 6.97. The molecule has 1 atom stereocenters. The normalized spacial score (nSPS) is 14.0. The Kier molecular flexibility index (Phi) is 5.58.